The molecular formula is C21H29Cl2FN2O2. The summed E-state index contributed by atoms with van der Waals surface area (Å²) in [5.74, 6) is 1.37. The second-order valence-corrected chi connectivity index (χ2v) is 6.37. The molecular weight excluding hydrogens is 402 g/mol. The first-order chi connectivity index (χ1) is 12.8. The number of alkyl halides is 1. The Labute approximate surface area is 179 Å². The summed E-state index contributed by atoms with van der Waals surface area (Å²) >= 11 is 0. The van der Waals surface area contributed by atoms with E-state index >= 15 is 0 Å². The number of nitrogens with one attached hydrogen (secondary N) is 1. The molecule has 1 N–H and O–H groups in total. The fourth-order valence-corrected chi connectivity index (χ4v) is 3.25. The number of piperazine rings is 1. The zero-order valence-corrected chi connectivity index (χ0v) is 17.7. The van der Waals surface area contributed by atoms with E-state index in [1.165, 1.54) is 0 Å². The van der Waals surface area contributed by atoms with Crippen LogP contribution in [0.15, 0.2) is 48.5 Å². The Morgan fingerprint density at radius 1 is 1.00 bits per heavy atom. The second kappa shape index (κ2) is 12.8. The molecule has 0 bridgehead atoms. The SMILES string of the molecule is CCOc1cc([C@H](CF)N2CCNCC2)ccc1OCc1ccccc1.Cl.Cl. The lowest BCUT2D eigenvalue weighted by atomic mass is 10.0. The van der Waals surface area contributed by atoms with Crippen LogP contribution in [0.5, 0.6) is 11.5 Å². The molecule has 0 unspecified atom stereocenters. The van der Waals surface area contributed by atoms with E-state index in [0.29, 0.717) is 24.7 Å². The molecule has 0 amide bonds. The molecule has 0 radical (unpaired) electrons. The van der Waals surface area contributed by atoms with Crippen LogP contribution < -0.4 is 14.8 Å². The van der Waals surface area contributed by atoms with E-state index in [0.717, 1.165) is 37.3 Å². The van der Waals surface area contributed by atoms with Crippen LogP contribution >= 0.6 is 24.8 Å². The van der Waals surface area contributed by atoms with Gasteiger partial charge in [0.2, 0.25) is 0 Å². The lowest BCUT2D eigenvalue weighted by molar-refractivity contribution is 0.147. The van der Waals surface area contributed by atoms with E-state index in [2.05, 4.69) is 10.2 Å². The van der Waals surface area contributed by atoms with Crippen LogP contribution in [-0.4, -0.2) is 44.4 Å². The molecule has 1 heterocycles. The Morgan fingerprint density at radius 3 is 2.36 bits per heavy atom. The van der Waals surface area contributed by atoms with E-state index in [1.807, 2.05) is 55.5 Å². The van der Waals surface area contributed by atoms with Crippen molar-refractivity contribution in [3.63, 3.8) is 0 Å². The Bertz CT molecular complexity index is 685. The van der Waals surface area contributed by atoms with Crippen molar-refractivity contribution in [2.24, 2.45) is 0 Å². The summed E-state index contributed by atoms with van der Waals surface area (Å²) in [4.78, 5) is 2.19. The Balaban J connectivity index is 0.00000196. The molecule has 2 aromatic rings. The fraction of sp³-hybridized carbons (Fsp3) is 0.429. The van der Waals surface area contributed by atoms with E-state index in [4.69, 9.17) is 9.47 Å². The smallest absolute Gasteiger partial charge is 0.161 e. The molecule has 1 aliphatic rings. The van der Waals surface area contributed by atoms with Gasteiger partial charge in [-0.05, 0) is 30.2 Å². The maximum absolute atomic E-state index is 13.8. The minimum atomic E-state index is -0.407. The summed E-state index contributed by atoms with van der Waals surface area (Å²) in [5.41, 5.74) is 2.03. The maximum atomic E-state index is 13.8. The molecule has 4 nitrogen and oxygen atoms in total. The van der Waals surface area contributed by atoms with Crippen LogP contribution in [0.4, 0.5) is 4.39 Å². The molecule has 0 aromatic heterocycles. The Hall–Kier alpha value is -1.53. The molecule has 0 aliphatic carbocycles. The number of hydrogen-bond acceptors (Lipinski definition) is 4. The van der Waals surface area contributed by atoms with Crippen LogP contribution in [0.25, 0.3) is 0 Å². The summed E-state index contributed by atoms with van der Waals surface area (Å²) in [7, 11) is 0. The minimum absolute atomic E-state index is 0. The van der Waals surface area contributed by atoms with Crippen LogP contribution in [0, 0.1) is 0 Å². The monoisotopic (exact) mass is 430 g/mol. The lowest BCUT2D eigenvalue weighted by Gasteiger charge is -2.33. The van der Waals surface area contributed by atoms with Crippen LogP contribution in [0.3, 0.4) is 0 Å². The van der Waals surface area contributed by atoms with Crippen molar-refractivity contribution < 1.29 is 13.9 Å². The summed E-state index contributed by atoms with van der Waals surface area (Å²) in [6.07, 6.45) is 0. The first-order valence-electron chi connectivity index (χ1n) is 9.26. The predicted octanol–water partition coefficient (Wildman–Crippen LogP) is 4.42. The highest BCUT2D eigenvalue weighted by atomic mass is 35.5. The molecule has 1 atom stereocenters. The van der Waals surface area contributed by atoms with Gasteiger partial charge in [0.05, 0.1) is 12.6 Å². The summed E-state index contributed by atoms with van der Waals surface area (Å²) in [6, 6.07) is 15.6. The van der Waals surface area contributed by atoms with Gasteiger partial charge in [0.1, 0.15) is 13.3 Å². The van der Waals surface area contributed by atoms with Gasteiger partial charge in [-0.25, -0.2) is 4.39 Å². The zero-order chi connectivity index (χ0) is 18.2. The van der Waals surface area contributed by atoms with Gasteiger partial charge in [0.25, 0.3) is 0 Å². The zero-order valence-electron chi connectivity index (χ0n) is 16.1. The van der Waals surface area contributed by atoms with E-state index in [1.54, 1.807) is 0 Å². The molecule has 1 saturated heterocycles. The molecule has 0 spiro atoms. The van der Waals surface area contributed by atoms with Crippen molar-refractivity contribution in [1.82, 2.24) is 10.2 Å². The third-order valence-electron chi connectivity index (χ3n) is 4.63. The standard InChI is InChI=1S/C21H27FN2O2.2ClH/c1-2-25-21-14-18(19(15-22)24-12-10-23-11-13-24)8-9-20(21)26-16-17-6-4-3-5-7-17;;/h3-9,14,19,23H,2,10-13,15-16H2,1H3;2*1H/t19-;;/m0../s1. The third-order valence-corrected chi connectivity index (χ3v) is 4.63. The van der Waals surface area contributed by atoms with E-state index < -0.39 is 6.67 Å². The molecule has 7 heteroatoms. The van der Waals surface area contributed by atoms with Gasteiger partial charge in [0.15, 0.2) is 11.5 Å². The molecule has 3 rings (SSSR count). The largest absolute Gasteiger partial charge is 0.490 e. The van der Waals surface area contributed by atoms with Crippen molar-refractivity contribution in [3.05, 3.63) is 59.7 Å². The first-order valence-corrected chi connectivity index (χ1v) is 9.26. The molecule has 156 valence electrons. The topological polar surface area (TPSA) is 33.7 Å². The number of halogens is 3. The fourth-order valence-electron chi connectivity index (χ4n) is 3.25. The highest BCUT2D eigenvalue weighted by Crippen LogP contribution is 2.33. The van der Waals surface area contributed by atoms with Crippen molar-refractivity contribution in [2.75, 3.05) is 39.5 Å². The molecule has 0 saturated carbocycles. The van der Waals surface area contributed by atoms with Crippen LogP contribution in [0.1, 0.15) is 24.1 Å². The van der Waals surface area contributed by atoms with Gasteiger partial charge in [-0.15, -0.1) is 24.8 Å². The minimum Gasteiger partial charge on any atom is -0.490 e. The summed E-state index contributed by atoms with van der Waals surface area (Å²) in [6.45, 7) is 6.05. The van der Waals surface area contributed by atoms with Crippen molar-refractivity contribution in [3.8, 4) is 11.5 Å². The second-order valence-electron chi connectivity index (χ2n) is 6.37. The van der Waals surface area contributed by atoms with Gasteiger partial charge in [-0.3, -0.25) is 4.90 Å². The number of ether oxygens (including phenoxy) is 2. The number of hydrogen-bond donors (Lipinski definition) is 1. The third kappa shape index (κ3) is 6.52. The van der Waals surface area contributed by atoms with E-state index in [9.17, 15) is 4.39 Å². The Kier molecular flexibility index (Phi) is 11.2. The summed E-state index contributed by atoms with van der Waals surface area (Å²) < 4.78 is 25.5. The molecule has 2 aromatic carbocycles. The van der Waals surface area contributed by atoms with Crippen molar-refractivity contribution in [2.45, 2.75) is 19.6 Å². The van der Waals surface area contributed by atoms with Gasteiger partial charge in [-0.1, -0.05) is 36.4 Å². The average molecular weight is 431 g/mol. The van der Waals surface area contributed by atoms with Gasteiger partial charge < -0.3 is 14.8 Å². The van der Waals surface area contributed by atoms with Gasteiger partial charge in [0, 0.05) is 26.2 Å². The van der Waals surface area contributed by atoms with Crippen molar-refractivity contribution >= 4 is 24.8 Å². The van der Waals surface area contributed by atoms with Crippen molar-refractivity contribution in [1.29, 1.82) is 0 Å². The lowest BCUT2D eigenvalue weighted by Crippen LogP contribution is -2.45. The van der Waals surface area contributed by atoms with E-state index in [-0.39, 0.29) is 30.9 Å². The highest BCUT2D eigenvalue weighted by Gasteiger charge is 2.23. The highest BCUT2D eigenvalue weighted by molar-refractivity contribution is 5.85. The maximum Gasteiger partial charge on any atom is 0.161 e. The quantitative estimate of drug-likeness (QED) is 0.671. The van der Waals surface area contributed by atoms with Gasteiger partial charge in [-0.2, -0.15) is 0 Å². The molecule has 1 fully saturated rings. The van der Waals surface area contributed by atoms with Crippen LogP contribution in [-0.2, 0) is 6.61 Å². The predicted molar refractivity (Wildman–Crippen MR) is 116 cm³/mol. The van der Waals surface area contributed by atoms with Crippen LogP contribution in [0.2, 0.25) is 0 Å². The molecule has 1 aliphatic heterocycles. The Morgan fingerprint density at radius 2 is 1.71 bits per heavy atom. The van der Waals surface area contributed by atoms with Gasteiger partial charge >= 0.3 is 0 Å². The summed E-state index contributed by atoms with van der Waals surface area (Å²) in [5, 5.41) is 3.31. The first kappa shape index (κ1) is 24.5. The average Bonchev–Trinajstić information content (AvgIpc) is 2.70. The normalized spacial score (nSPS) is 15.1. The number of rotatable bonds is 8. The number of benzene rings is 2. The molecule has 28 heavy (non-hydrogen) atoms. The number of nitrogens with zero attached hydrogens (tertiary/aromatic N) is 1.